The zero-order valence-electron chi connectivity index (χ0n) is 15.6. The summed E-state index contributed by atoms with van der Waals surface area (Å²) < 4.78 is 12.8. The van der Waals surface area contributed by atoms with Crippen LogP contribution in [0.2, 0.25) is 0 Å². The number of hydrogen-bond donors (Lipinski definition) is 1. The molecule has 0 aliphatic heterocycles. The van der Waals surface area contributed by atoms with E-state index in [0.717, 1.165) is 28.6 Å². The Balaban J connectivity index is 0.000000394. The van der Waals surface area contributed by atoms with E-state index in [0.29, 0.717) is 0 Å². The summed E-state index contributed by atoms with van der Waals surface area (Å²) in [6, 6.07) is 4.80. The highest BCUT2D eigenvalue weighted by molar-refractivity contribution is 5.84. The molecule has 1 N–H and O–H groups in total. The van der Waals surface area contributed by atoms with E-state index in [4.69, 9.17) is 0 Å². The normalized spacial score (nSPS) is 10.7. The molecule has 0 bridgehead atoms. The first-order valence-corrected chi connectivity index (χ1v) is 8.20. The molecule has 2 rings (SSSR count). The number of H-pyrrole nitrogens is 1. The number of aryl methyl sites for hydroxylation is 2. The van der Waals surface area contributed by atoms with E-state index in [1.165, 1.54) is 11.6 Å². The standard InChI is InChI=1S/C10H10FN.C9H14.C3H6/c1-6-7(2)12-10-4-3-8(11)5-9(6)10;1-4-7-9(6-3)8-5-2;1-3-2/h3-5,12H,1-2H3;4-5,7-8H,1,6H2,2-3H3;3H,1H2,2H3/b;8-5-,9-7-;. The van der Waals surface area contributed by atoms with E-state index in [1.807, 2.05) is 45.9 Å². The zero-order chi connectivity index (χ0) is 18.5. The second-order valence-electron chi connectivity index (χ2n) is 5.30. The third-order valence-electron chi connectivity index (χ3n) is 3.39. The van der Waals surface area contributed by atoms with Gasteiger partial charge < -0.3 is 4.98 Å². The highest BCUT2D eigenvalue weighted by Crippen LogP contribution is 2.21. The first kappa shape index (κ1) is 21.6. The number of hydrogen-bond acceptors (Lipinski definition) is 0. The molecule has 1 aromatic carbocycles. The summed E-state index contributed by atoms with van der Waals surface area (Å²) in [7, 11) is 0. The van der Waals surface area contributed by atoms with Crippen molar-refractivity contribution in [2.45, 2.75) is 41.0 Å². The van der Waals surface area contributed by atoms with Crippen molar-refractivity contribution >= 4 is 10.9 Å². The SMILES string of the molecule is C=C/C=C(\C=C/C)CC.C=CC.Cc1[nH]c2ccc(F)cc2c1C. The first-order valence-electron chi connectivity index (χ1n) is 8.20. The predicted octanol–water partition coefficient (Wildman–Crippen LogP) is 7.20. The highest BCUT2D eigenvalue weighted by atomic mass is 19.1. The molecule has 1 nitrogen and oxygen atoms in total. The van der Waals surface area contributed by atoms with Gasteiger partial charge in [-0.15, -0.1) is 6.58 Å². The van der Waals surface area contributed by atoms with Crippen LogP contribution >= 0.6 is 0 Å². The topological polar surface area (TPSA) is 15.8 Å². The molecule has 0 aliphatic rings. The van der Waals surface area contributed by atoms with Crippen LogP contribution in [-0.4, -0.2) is 4.98 Å². The van der Waals surface area contributed by atoms with Gasteiger partial charge in [0.1, 0.15) is 5.82 Å². The Kier molecular flexibility index (Phi) is 10.9. The maximum atomic E-state index is 12.8. The Labute approximate surface area is 146 Å². The average molecular weight is 327 g/mol. The molecule has 0 fully saturated rings. The zero-order valence-corrected chi connectivity index (χ0v) is 15.6. The Hall–Kier alpha value is -2.35. The summed E-state index contributed by atoms with van der Waals surface area (Å²) in [4.78, 5) is 3.19. The number of aromatic amines is 1. The second-order valence-corrected chi connectivity index (χ2v) is 5.30. The third kappa shape index (κ3) is 7.28. The number of aromatic nitrogens is 1. The van der Waals surface area contributed by atoms with E-state index in [-0.39, 0.29) is 5.82 Å². The molecular formula is C22H30FN. The van der Waals surface area contributed by atoms with Gasteiger partial charge in [0.25, 0.3) is 0 Å². The Morgan fingerprint density at radius 3 is 2.33 bits per heavy atom. The second kappa shape index (κ2) is 12.1. The Morgan fingerprint density at radius 2 is 1.83 bits per heavy atom. The molecule has 2 aromatic rings. The van der Waals surface area contributed by atoms with Crippen LogP contribution < -0.4 is 0 Å². The summed E-state index contributed by atoms with van der Waals surface area (Å²) in [5.74, 6) is -0.176. The van der Waals surface area contributed by atoms with Crippen molar-refractivity contribution in [2.24, 2.45) is 0 Å². The summed E-state index contributed by atoms with van der Waals surface area (Å²) in [6.07, 6.45) is 10.8. The molecule has 0 aliphatic carbocycles. The molecular weight excluding hydrogens is 297 g/mol. The van der Waals surface area contributed by atoms with E-state index >= 15 is 0 Å². The van der Waals surface area contributed by atoms with E-state index in [1.54, 1.807) is 18.2 Å². The Morgan fingerprint density at radius 1 is 1.21 bits per heavy atom. The fourth-order valence-corrected chi connectivity index (χ4v) is 2.09. The molecule has 0 unspecified atom stereocenters. The molecule has 0 spiro atoms. The number of benzene rings is 1. The van der Waals surface area contributed by atoms with Crippen molar-refractivity contribution in [3.05, 3.63) is 84.4 Å². The van der Waals surface area contributed by atoms with E-state index < -0.39 is 0 Å². The van der Waals surface area contributed by atoms with Crippen LogP contribution in [0.25, 0.3) is 10.9 Å². The number of fused-ring (bicyclic) bond motifs is 1. The highest BCUT2D eigenvalue weighted by Gasteiger charge is 2.03. The molecule has 130 valence electrons. The van der Waals surface area contributed by atoms with Crippen LogP contribution in [0.3, 0.4) is 0 Å². The lowest BCUT2D eigenvalue weighted by Crippen LogP contribution is -1.73. The summed E-state index contributed by atoms with van der Waals surface area (Å²) in [5.41, 5.74) is 4.57. The van der Waals surface area contributed by atoms with Gasteiger partial charge in [0, 0.05) is 16.6 Å². The summed E-state index contributed by atoms with van der Waals surface area (Å²) in [6.45, 7) is 17.0. The first-order chi connectivity index (χ1) is 11.4. The molecule has 0 amide bonds. The lowest BCUT2D eigenvalue weighted by Gasteiger charge is -1.90. The van der Waals surface area contributed by atoms with Gasteiger partial charge >= 0.3 is 0 Å². The molecule has 0 atom stereocenters. The van der Waals surface area contributed by atoms with Gasteiger partial charge in [0.15, 0.2) is 0 Å². The van der Waals surface area contributed by atoms with E-state index in [2.05, 4.69) is 31.1 Å². The van der Waals surface area contributed by atoms with Crippen molar-refractivity contribution in [3.8, 4) is 0 Å². The number of rotatable bonds is 3. The van der Waals surface area contributed by atoms with Gasteiger partial charge in [-0.2, -0.15) is 0 Å². The number of nitrogens with one attached hydrogen (secondary N) is 1. The van der Waals surface area contributed by atoms with Crippen molar-refractivity contribution in [3.63, 3.8) is 0 Å². The lowest BCUT2D eigenvalue weighted by atomic mass is 10.1. The number of allylic oxidation sites excluding steroid dienone is 6. The van der Waals surface area contributed by atoms with Gasteiger partial charge in [-0.25, -0.2) is 4.39 Å². The predicted molar refractivity (Wildman–Crippen MR) is 107 cm³/mol. The van der Waals surface area contributed by atoms with Crippen molar-refractivity contribution in [1.82, 2.24) is 4.98 Å². The van der Waals surface area contributed by atoms with Crippen molar-refractivity contribution in [1.29, 1.82) is 0 Å². The maximum absolute atomic E-state index is 12.8. The van der Waals surface area contributed by atoms with Crippen LogP contribution in [0.4, 0.5) is 4.39 Å². The monoisotopic (exact) mass is 327 g/mol. The van der Waals surface area contributed by atoms with Crippen LogP contribution in [0.5, 0.6) is 0 Å². The van der Waals surface area contributed by atoms with E-state index in [9.17, 15) is 4.39 Å². The summed E-state index contributed by atoms with van der Waals surface area (Å²) in [5, 5.41) is 0.979. The molecule has 24 heavy (non-hydrogen) atoms. The largest absolute Gasteiger partial charge is 0.358 e. The lowest BCUT2D eigenvalue weighted by molar-refractivity contribution is 0.629. The molecule has 1 heterocycles. The molecule has 1 aromatic heterocycles. The third-order valence-corrected chi connectivity index (χ3v) is 3.39. The van der Waals surface area contributed by atoms with Crippen LogP contribution in [0.15, 0.2) is 67.3 Å². The van der Waals surface area contributed by atoms with Gasteiger partial charge in [-0.1, -0.05) is 43.9 Å². The minimum atomic E-state index is -0.176. The molecule has 0 saturated carbocycles. The number of halogens is 1. The summed E-state index contributed by atoms with van der Waals surface area (Å²) >= 11 is 0. The fraction of sp³-hybridized carbons (Fsp3) is 0.273. The van der Waals surface area contributed by atoms with Crippen LogP contribution in [-0.2, 0) is 0 Å². The van der Waals surface area contributed by atoms with Crippen molar-refractivity contribution < 1.29 is 4.39 Å². The van der Waals surface area contributed by atoms with Crippen molar-refractivity contribution in [2.75, 3.05) is 0 Å². The van der Waals surface area contributed by atoms with Crippen LogP contribution in [0, 0.1) is 19.7 Å². The Bertz CT molecular complexity index is 702. The smallest absolute Gasteiger partial charge is 0.123 e. The fourth-order valence-electron chi connectivity index (χ4n) is 2.09. The minimum absolute atomic E-state index is 0.176. The van der Waals surface area contributed by atoms with Gasteiger partial charge in [0.2, 0.25) is 0 Å². The van der Waals surface area contributed by atoms with Crippen LogP contribution in [0.1, 0.15) is 38.4 Å². The molecule has 2 heteroatoms. The minimum Gasteiger partial charge on any atom is -0.358 e. The molecule has 0 radical (unpaired) electrons. The maximum Gasteiger partial charge on any atom is 0.123 e. The van der Waals surface area contributed by atoms with Gasteiger partial charge in [-0.05, 0) is 63.5 Å². The molecule has 0 saturated heterocycles. The van der Waals surface area contributed by atoms with Gasteiger partial charge in [-0.3, -0.25) is 0 Å². The van der Waals surface area contributed by atoms with Gasteiger partial charge in [0.05, 0.1) is 0 Å². The average Bonchev–Trinajstić information content (AvgIpc) is 2.83. The quantitative estimate of drug-likeness (QED) is 0.453.